The molecule has 142 valence electrons. The second kappa shape index (κ2) is 8.39. The summed E-state index contributed by atoms with van der Waals surface area (Å²) < 4.78 is 43.8. The third-order valence-electron chi connectivity index (χ3n) is 3.79. The molecule has 0 fully saturated rings. The maximum absolute atomic E-state index is 14.0. The SMILES string of the molecule is [O-]/C(=C(\C(=Nc1ccc(Br)cc1)C(F)(F)F)[n+]1ccccc1)c1ccccc1. The van der Waals surface area contributed by atoms with E-state index in [9.17, 15) is 18.3 Å². The van der Waals surface area contributed by atoms with Crippen LogP contribution in [0.15, 0.2) is 94.7 Å². The highest BCUT2D eigenvalue weighted by Crippen LogP contribution is 2.29. The molecule has 0 radical (unpaired) electrons. The number of pyridine rings is 1. The van der Waals surface area contributed by atoms with Crippen LogP contribution in [-0.4, -0.2) is 11.9 Å². The summed E-state index contributed by atoms with van der Waals surface area (Å²) in [5.74, 6) is -0.773. The average Bonchev–Trinajstić information content (AvgIpc) is 2.69. The summed E-state index contributed by atoms with van der Waals surface area (Å²) in [7, 11) is 0. The van der Waals surface area contributed by atoms with Crippen LogP contribution >= 0.6 is 15.9 Å². The van der Waals surface area contributed by atoms with Crippen molar-refractivity contribution in [3.63, 3.8) is 0 Å². The van der Waals surface area contributed by atoms with Crippen molar-refractivity contribution in [1.82, 2.24) is 0 Å². The van der Waals surface area contributed by atoms with Crippen molar-refractivity contribution in [2.75, 3.05) is 0 Å². The number of alkyl halides is 3. The zero-order valence-corrected chi connectivity index (χ0v) is 16.0. The number of aliphatic imine (C=N–C) groups is 1. The first-order chi connectivity index (χ1) is 13.4. The lowest BCUT2D eigenvalue weighted by atomic mass is 10.1. The van der Waals surface area contributed by atoms with Crippen LogP contribution in [0.3, 0.4) is 0 Å². The van der Waals surface area contributed by atoms with Crippen LogP contribution in [0.1, 0.15) is 5.56 Å². The summed E-state index contributed by atoms with van der Waals surface area (Å²) >= 11 is 3.24. The van der Waals surface area contributed by atoms with E-state index in [1.54, 1.807) is 48.5 Å². The minimum atomic E-state index is -4.84. The second-order valence-electron chi connectivity index (χ2n) is 5.76. The van der Waals surface area contributed by atoms with Gasteiger partial charge in [0.25, 0.3) is 0 Å². The fourth-order valence-electron chi connectivity index (χ4n) is 2.52. The predicted octanol–water partition coefficient (Wildman–Crippen LogP) is 4.76. The molecule has 0 unspecified atom stereocenters. The molecule has 0 N–H and O–H groups in total. The van der Waals surface area contributed by atoms with Crippen molar-refractivity contribution in [1.29, 1.82) is 0 Å². The molecule has 0 saturated carbocycles. The number of nitrogens with zero attached hydrogens (tertiary/aromatic N) is 2. The highest BCUT2D eigenvalue weighted by Gasteiger charge is 2.43. The van der Waals surface area contributed by atoms with Gasteiger partial charge in [-0.25, -0.2) is 4.99 Å². The fraction of sp³-hybridized carbons (Fsp3) is 0.0476. The minimum absolute atomic E-state index is 0.0883. The van der Waals surface area contributed by atoms with Gasteiger partial charge in [-0.2, -0.15) is 17.7 Å². The lowest BCUT2D eigenvalue weighted by Crippen LogP contribution is -2.43. The van der Waals surface area contributed by atoms with E-state index in [-0.39, 0.29) is 11.3 Å². The van der Waals surface area contributed by atoms with Crippen molar-refractivity contribution >= 4 is 38.8 Å². The van der Waals surface area contributed by atoms with E-state index >= 15 is 0 Å². The lowest BCUT2D eigenvalue weighted by Gasteiger charge is -2.18. The first-order valence-corrected chi connectivity index (χ1v) is 9.01. The molecule has 0 aliphatic rings. The van der Waals surface area contributed by atoms with Gasteiger partial charge in [0, 0.05) is 16.6 Å². The number of hydrogen-bond acceptors (Lipinski definition) is 2. The molecule has 28 heavy (non-hydrogen) atoms. The van der Waals surface area contributed by atoms with Gasteiger partial charge in [-0.1, -0.05) is 52.3 Å². The van der Waals surface area contributed by atoms with Gasteiger partial charge in [0.1, 0.15) is 0 Å². The highest BCUT2D eigenvalue weighted by atomic mass is 79.9. The van der Waals surface area contributed by atoms with E-state index in [2.05, 4.69) is 20.9 Å². The maximum Gasteiger partial charge on any atom is 0.440 e. The molecule has 3 aromatic rings. The average molecular weight is 447 g/mol. The van der Waals surface area contributed by atoms with Crippen LogP contribution in [0.5, 0.6) is 0 Å². The van der Waals surface area contributed by atoms with Crippen LogP contribution in [0.2, 0.25) is 0 Å². The number of hydrogen-bond donors (Lipinski definition) is 0. The molecule has 1 aromatic heterocycles. The highest BCUT2D eigenvalue weighted by molar-refractivity contribution is 9.10. The summed E-state index contributed by atoms with van der Waals surface area (Å²) in [4.78, 5) is 3.79. The lowest BCUT2D eigenvalue weighted by molar-refractivity contribution is -0.578. The van der Waals surface area contributed by atoms with E-state index in [1.807, 2.05) is 0 Å². The van der Waals surface area contributed by atoms with Crippen molar-refractivity contribution in [3.05, 3.63) is 95.2 Å². The number of aromatic nitrogens is 1. The van der Waals surface area contributed by atoms with Crippen molar-refractivity contribution in [3.8, 4) is 0 Å². The van der Waals surface area contributed by atoms with Gasteiger partial charge < -0.3 is 5.11 Å². The predicted molar refractivity (Wildman–Crippen MR) is 103 cm³/mol. The maximum atomic E-state index is 14.0. The molecule has 0 saturated heterocycles. The molecular formula is C21H14BrF3N2O. The molecule has 0 bridgehead atoms. The summed E-state index contributed by atoms with van der Waals surface area (Å²) in [6.07, 6.45) is -2.06. The molecule has 2 aromatic carbocycles. The van der Waals surface area contributed by atoms with Crippen LogP contribution in [-0.2, 0) is 0 Å². The van der Waals surface area contributed by atoms with Crippen molar-refractivity contribution < 1.29 is 22.8 Å². The van der Waals surface area contributed by atoms with Crippen molar-refractivity contribution in [2.45, 2.75) is 6.18 Å². The minimum Gasteiger partial charge on any atom is -0.868 e. The van der Waals surface area contributed by atoms with Gasteiger partial charge in [0.05, 0.1) is 5.69 Å². The molecule has 0 spiro atoms. The van der Waals surface area contributed by atoms with E-state index < -0.39 is 23.3 Å². The summed E-state index contributed by atoms with van der Waals surface area (Å²) in [6.45, 7) is 0. The standard InChI is InChI=1S/C21H14BrF3N2O/c22-16-9-11-17(12-10-16)26-20(21(23,24)25)18(27-13-5-2-6-14-27)19(28)15-7-3-1-4-8-15/h1-14H. The Labute approximate surface area is 168 Å². The third-order valence-corrected chi connectivity index (χ3v) is 4.31. The van der Waals surface area contributed by atoms with Gasteiger partial charge >= 0.3 is 6.18 Å². The molecule has 3 nitrogen and oxygen atoms in total. The molecular weight excluding hydrogens is 433 g/mol. The molecule has 0 amide bonds. The summed E-state index contributed by atoms with van der Waals surface area (Å²) in [5, 5.41) is 13.0. The Morgan fingerprint density at radius 2 is 1.43 bits per heavy atom. The topological polar surface area (TPSA) is 39.3 Å². The molecule has 0 atom stereocenters. The first kappa shape index (κ1) is 19.8. The fourth-order valence-corrected chi connectivity index (χ4v) is 2.78. The van der Waals surface area contributed by atoms with Gasteiger partial charge in [-0.05, 0) is 35.6 Å². The van der Waals surface area contributed by atoms with Crippen LogP contribution in [0.4, 0.5) is 18.9 Å². The molecule has 3 rings (SSSR count). The molecule has 0 aliphatic heterocycles. The van der Waals surface area contributed by atoms with E-state index in [0.717, 1.165) is 4.57 Å². The number of halogens is 4. The Morgan fingerprint density at radius 3 is 2.00 bits per heavy atom. The van der Waals surface area contributed by atoms with Crippen molar-refractivity contribution in [2.24, 2.45) is 4.99 Å². The van der Waals surface area contributed by atoms with Crippen LogP contribution in [0, 0.1) is 0 Å². The molecule has 1 heterocycles. The third kappa shape index (κ3) is 4.67. The summed E-state index contributed by atoms with van der Waals surface area (Å²) in [5.41, 5.74) is -1.60. The Balaban J connectivity index is 2.28. The Bertz CT molecular complexity index is 999. The smallest absolute Gasteiger partial charge is 0.440 e. The van der Waals surface area contributed by atoms with Gasteiger partial charge in [-0.15, -0.1) is 0 Å². The first-order valence-electron chi connectivity index (χ1n) is 8.21. The van der Waals surface area contributed by atoms with Crippen LogP contribution < -0.4 is 9.67 Å². The Hall–Kier alpha value is -2.93. The number of rotatable bonds is 4. The number of allylic oxidation sites excluding steroid dienone is 1. The normalized spacial score (nSPS) is 13.2. The van der Waals surface area contributed by atoms with Gasteiger partial charge in [0.15, 0.2) is 12.4 Å². The van der Waals surface area contributed by atoms with E-state index in [0.29, 0.717) is 4.47 Å². The van der Waals surface area contributed by atoms with E-state index in [1.165, 1.54) is 36.7 Å². The monoisotopic (exact) mass is 446 g/mol. The van der Waals surface area contributed by atoms with E-state index in [4.69, 9.17) is 0 Å². The van der Waals surface area contributed by atoms with Crippen LogP contribution in [0.25, 0.3) is 11.5 Å². The molecule has 7 heteroatoms. The Morgan fingerprint density at radius 1 is 0.857 bits per heavy atom. The van der Waals surface area contributed by atoms with Gasteiger partial charge in [-0.3, -0.25) is 0 Å². The second-order valence-corrected chi connectivity index (χ2v) is 6.68. The largest absolute Gasteiger partial charge is 0.868 e. The molecule has 0 aliphatic carbocycles. The quantitative estimate of drug-likeness (QED) is 0.323. The zero-order valence-electron chi connectivity index (χ0n) is 14.4. The summed E-state index contributed by atoms with van der Waals surface area (Å²) in [6, 6.07) is 18.6. The Kier molecular flexibility index (Phi) is 5.94. The zero-order chi connectivity index (χ0) is 20.1. The van der Waals surface area contributed by atoms with Gasteiger partial charge in [0.2, 0.25) is 11.4 Å². The number of benzene rings is 2.